The fourth-order valence-corrected chi connectivity index (χ4v) is 1.32. The van der Waals surface area contributed by atoms with Crippen molar-refractivity contribution in [1.29, 1.82) is 0 Å². The van der Waals surface area contributed by atoms with Gasteiger partial charge in [0.25, 0.3) is 0 Å². The van der Waals surface area contributed by atoms with Crippen molar-refractivity contribution in [3.05, 3.63) is 35.9 Å². The van der Waals surface area contributed by atoms with Crippen molar-refractivity contribution in [2.45, 2.75) is 12.5 Å². The predicted octanol–water partition coefficient (Wildman–Crippen LogP) is 1.39. The second-order valence-electron chi connectivity index (χ2n) is 3.27. The Bertz CT molecular complexity index is 310. The molecule has 0 spiro atoms. The normalized spacial score (nSPS) is 12.1. The lowest BCUT2D eigenvalue weighted by molar-refractivity contribution is -0.162. The third kappa shape index (κ3) is 4.00. The zero-order valence-electron chi connectivity index (χ0n) is 9.51. The molecule has 1 rings (SSSR count). The van der Waals surface area contributed by atoms with Crippen LogP contribution in [0.5, 0.6) is 0 Å². The average molecular weight is 224 g/mol. The highest BCUT2D eigenvalue weighted by atomic mass is 16.7. The lowest BCUT2D eigenvalue weighted by Gasteiger charge is -2.14. The Morgan fingerprint density at radius 3 is 2.50 bits per heavy atom. The van der Waals surface area contributed by atoms with E-state index in [9.17, 15) is 4.79 Å². The molecule has 0 bridgehead atoms. The molecule has 0 fully saturated rings. The highest BCUT2D eigenvalue weighted by Crippen LogP contribution is 2.07. The largest absolute Gasteiger partial charge is 0.467 e. The maximum absolute atomic E-state index is 11.4. The van der Waals surface area contributed by atoms with Crippen molar-refractivity contribution in [2.24, 2.45) is 0 Å². The van der Waals surface area contributed by atoms with Crippen molar-refractivity contribution in [1.82, 2.24) is 0 Å². The summed E-state index contributed by atoms with van der Waals surface area (Å²) in [5.74, 6) is -0.388. The smallest absolute Gasteiger partial charge is 0.335 e. The third-order valence-electron chi connectivity index (χ3n) is 2.12. The summed E-state index contributed by atoms with van der Waals surface area (Å²) in [6.07, 6.45) is -0.135. The molecule has 0 amide bonds. The number of methoxy groups -OCH3 is 2. The van der Waals surface area contributed by atoms with Gasteiger partial charge in [0, 0.05) is 13.5 Å². The molecule has 0 saturated carbocycles. The molecule has 88 valence electrons. The topological polar surface area (TPSA) is 44.8 Å². The molecule has 0 N–H and O–H groups in total. The third-order valence-corrected chi connectivity index (χ3v) is 2.12. The molecule has 16 heavy (non-hydrogen) atoms. The molecule has 0 radical (unpaired) electrons. The highest BCUT2D eigenvalue weighted by molar-refractivity contribution is 5.74. The number of ether oxygens (including phenoxy) is 3. The SMILES string of the molecule is COCO[C@@H](Cc1ccccc1)C(=O)OC. The molecule has 0 aliphatic carbocycles. The summed E-state index contributed by atoms with van der Waals surface area (Å²) in [5.41, 5.74) is 1.02. The van der Waals surface area contributed by atoms with Gasteiger partial charge in [-0.2, -0.15) is 0 Å². The van der Waals surface area contributed by atoms with Crippen LogP contribution in [-0.4, -0.2) is 33.1 Å². The number of benzene rings is 1. The molecular formula is C12H16O4. The highest BCUT2D eigenvalue weighted by Gasteiger charge is 2.20. The predicted molar refractivity (Wildman–Crippen MR) is 58.9 cm³/mol. The Morgan fingerprint density at radius 1 is 1.25 bits per heavy atom. The maximum atomic E-state index is 11.4. The zero-order chi connectivity index (χ0) is 11.8. The van der Waals surface area contributed by atoms with E-state index in [0.29, 0.717) is 6.42 Å². The van der Waals surface area contributed by atoms with Crippen molar-refractivity contribution in [3.8, 4) is 0 Å². The van der Waals surface area contributed by atoms with Crippen LogP contribution in [0.3, 0.4) is 0 Å². The van der Waals surface area contributed by atoms with Gasteiger partial charge in [-0.15, -0.1) is 0 Å². The standard InChI is InChI=1S/C12H16O4/c1-14-9-16-11(12(13)15-2)8-10-6-4-3-5-7-10/h3-7,11H,8-9H2,1-2H3/t11-/m0/s1. The second kappa shape index (κ2) is 6.98. The number of hydrogen-bond acceptors (Lipinski definition) is 4. The summed E-state index contributed by atoms with van der Waals surface area (Å²) >= 11 is 0. The maximum Gasteiger partial charge on any atom is 0.335 e. The fourth-order valence-electron chi connectivity index (χ4n) is 1.32. The van der Waals surface area contributed by atoms with Gasteiger partial charge < -0.3 is 14.2 Å². The summed E-state index contributed by atoms with van der Waals surface area (Å²) in [6, 6.07) is 9.63. The minimum atomic E-state index is -0.618. The van der Waals surface area contributed by atoms with Gasteiger partial charge in [-0.25, -0.2) is 4.79 Å². The Hall–Kier alpha value is -1.39. The molecule has 0 saturated heterocycles. The van der Waals surface area contributed by atoms with Crippen LogP contribution in [0.2, 0.25) is 0 Å². The van der Waals surface area contributed by atoms with Gasteiger partial charge in [-0.3, -0.25) is 0 Å². The van der Waals surface area contributed by atoms with Crippen LogP contribution in [0.25, 0.3) is 0 Å². The molecule has 0 unspecified atom stereocenters. The Morgan fingerprint density at radius 2 is 1.94 bits per heavy atom. The van der Waals surface area contributed by atoms with Gasteiger partial charge in [-0.05, 0) is 5.56 Å². The molecule has 0 aliphatic rings. The monoisotopic (exact) mass is 224 g/mol. The second-order valence-corrected chi connectivity index (χ2v) is 3.27. The summed E-state index contributed by atoms with van der Waals surface area (Å²) in [5, 5.41) is 0. The van der Waals surface area contributed by atoms with Gasteiger partial charge >= 0.3 is 5.97 Å². The van der Waals surface area contributed by atoms with Crippen molar-refractivity contribution in [2.75, 3.05) is 21.0 Å². The van der Waals surface area contributed by atoms with E-state index >= 15 is 0 Å². The van der Waals surface area contributed by atoms with E-state index in [4.69, 9.17) is 9.47 Å². The number of carbonyl (C=O) groups is 1. The van der Waals surface area contributed by atoms with Crippen LogP contribution in [0.15, 0.2) is 30.3 Å². The summed E-state index contributed by atoms with van der Waals surface area (Å²) in [6.45, 7) is 0.0760. The first-order valence-electron chi connectivity index (χ1n) is 5.00. The Balaban J connectivity index is 2.59. The summed E-state index contributed by atoms with van der Waals surface area (Å²) < 4.78 is 14.7. The van der Waals surface area contributed by atoms with E-state index in [-0.39, 0.29) is 12.8 Å². The van der Waals surface area contributed by atoms with E-state index in [0.717, 1.165) is 5.56 Å². The molecule has 4 nitrogen and oxygen atoms in total. The van der Waals surface area contributed by atoms with Crippen molar-refractivity contribution in [3.63, 3.8) is 0 Å². The first-order valence-corrected chi connectivity index (χ1v) is 5.00. The minimum Gasteiger partial charge on any atom is -0.467 e. The van der Waals surface area contributed by atoms with E-state index in [1.165, 1.54) is 14.2 Å². The molecule has 1 aromatic carbocycles. The molecule has 0 aliphatic heterocycles. The first-order chi connectivity index (χ1) is 7.77. The van der Waals surface area contributed by atoms with Gasteiger partial charge in [-0.1, -0.05) is 30.3 Å². The van der Waals surface area contributed by atoms with Crippen LogP contribution in [0.4, 0.5) is 0 Å². The van der Waals surface area contributed by atoms with E-state index in [1.807, 2.05) is 30.3 Å². The average Bonchev–Trinajstić information content (AvgIpc) is 2.34. The number of esters is 1. The van der Waals surface area contributed by atoms with Crippen LogP contribution in [0, 0.1) is 0 Å². The molecule has 0 aromatic heterocycles. The van der Waals surface area contributed by atoms with Crippen molar-refractivity contribution >= 4 is 5.97 Å². The minimum absolute atomic E-state index is 0.0760. The van der Waals surface area contributed by atoms with Gasteiger partial charge in [0.05, 0.1) is 7.11 Å². The van der Waals surface area contributed by atoms with E-state index in [1.54, 1.807) is 0 Å². The molecule has 1 atom stereocenters. The first kappa shape index (κ1) is 12.7. The molecule has 1 aromatic rings. The van der Waals surface area contributed by atoms with E-state index in [2.05, 4.69) is 4.74 Å². The number of carbonyl (C=O) groups excluding carboxylic acids is 1. The zero-order valence-corrected chi connectivity index (χ0v) is 9.51. The quantitative estimate of drug-likeness (QED) is 0.541. The fraction of sp³-hybridized carbons (Fsp3) is 0.417. The van der Waals surface area contributed by atoms with Crippen LogP contribution >= 0.6 is 0 Å². The lowest BCUT2D eigenvalue weighted by Crippen LogP contribution is -2.28. The summed E-state index contributed by atoms with van der Waals surface area (Å²) in [4.78, 5) is 11.4. The molecular weight excluding hydrogens is 208 g/mol. The number of rotatable bonds is 6. The lowest BCUT2D eigenvalue weighted by atomic mass is 10.1. The molecule has 0 heterocycles. The van der Waals surface area contributed by atoms with Crippen LogP contribution < -0.4 is 0 Å². The van der Waals surface area contributed by atoms with E-state index < -0.39 is 6.10 Å². The molecule has 4 heteroatoms. The van der Waals surface area contributed by atoms with Gasteiger partial charge in [0.1, 0.15) is 6.79 Å². The van der Waals surface area contributed by atoms with Crippen molar-refractivity contribution < 1.29 is 19.0 Å². The Labute approximate surface area is 95.1 Å². The van der Waals surface area contributed by atoms with Crippen LogP contribution in [-0.2, 0) is 25.4 Å². The number of hydrogen-bond donors (Lipinski definition) is 0. The Kier molecular flexibility index (Phi) is 5.53. The summed E-state index contributed by atoms with van der Waals surface area (Å²) in [7, 11) is 2.85. The van der Waals surface area contributed by atoms with Gasteiger partial charge in [0.2, 0.25) is 0 Å². The van der Waals surface area contributed by atoms with Crippen LogP contribution in [0.1, 0.15) is 5.56 Å². The van der Waals surface area contributed by atoms with Gasteiger partial charge in [0.15, 0.2) is 6.10 Å².